The summed E-state index contributed by atoms with van der Waals surface area (Å²) in [6.45, 7) is 2.31. The van der Waals surface area contributed by atoms with Gasteiger partial charge in [0, 0.05) is 32.2 Å². The Morgan fingerprint density at radius 1 is 1.17 bits per heavy atom. The second-order valence-electron chi connectivity index (χ2n) is 7.53. The van der Waals surface area contributed by atoms with Crippen molar-refractivity contribution in [3.05, 3.63) is 52.3 Å². The summed E-state index contributed by atoms with van der Waals surface area (Å²) in [6.07, 6.45) is -1.32. The molecule has 1 aromatic heterocycles. The molecule has 0 saturated carbocycles. The second kappa shape index (κ2) is 7.68. The molecule has 0 aliphatic carbocycles. The van der Waals surface area contributed by atoms with E-state index < -0.39 is 11.7 Å². The van der Waals surface area contributed by atoms with Crippen molar-refractivity contribution in [2.45, 2.75) is 38.0 Å². The molecule has 156 valence electrons. The molecule has 0 radical (unpaired) electrons. The molecule has 0 spiro atoms. The zero-order chi connectivity index (χ0) is 20.8. The number of hydrogen-bond donors (Lipinski definition) is 0. The van der Waals surface area contributed by atoms with Gasteiger partial charge in [0.15, 0.2) is 5.69 Å². The van der Waals surface area contributed by atoms with E-state index in [2.05, 4.69) is 9.40 Å². The number of aromatic nitrogens is 2. The van der Waals surface area contributed by atoms with Gasteiger partial charge in [-0.3, -0.25) is 9.48 Å². The van der Waals surface area contributed by atoms with E-state index in [1.807, 2.05) is 13.3 Å². The highest BCUT2D eigenvalue weighted by Crippen LogP contribution is 2.39. The Morgan fingerprint density at radius 2 is 1.86 bits per heavy atom. The zero-order valence-electron chi connectivity index (χ0n) is 16.4. The number of piperidine rings is 1. The fourth-order valence-corrected chi connectivity index (χ4v) is 4.83. The van der Waals surface area contributed by atoms with Crippen LogP contribution in [-0.4, -0.2) is 44.2 Å². The number of halogens is 3. The normalized spacial score (nSPS) is 18.3. The van der Waals surface area contributed by atoms with Crippen LogP contribution in [0, 0.1) is 0 Å². The fourth-order valence-electron chi connectivity index (χ4n) is 4.32. The summed E-state index contributed by atoms with van der Waals surface area (Å²) in [7, 11) is 1.85. The Hall–Kier alpha value is -2.00. The van der Waals surface area contributed by atoms with Crippen LogP contribution in [0.5, 0.6) is 0 Å². The first kappa shape index (κ1) is 20.3. The van der Waals surface area contributed by atoms with Gasteiger partial charge >= 0.3 is 6.18 Å². The number of amides is 1. The maximum Gasteiger partial charge on any atom is 0.416 e. The van der Waals surface area contributed by atoms with Crippen LogP contribution in [0.15, 0.2) is 24.3 Å². The Kier molecular flexibility index (Phi) is 5.37. The van der Waals surface area contributed by atoms with Crippen LogP contribution in [0.1, 0.15) is 51.6 Å². The molecule has 0 atom stereocenters. The molecule has 2 aliphatic rings. The number of hydrogen-bond acceptors (Lipinski definition) is 4. The first-order valence-corrected chi connectivity index (χ1v) is 10.8. The number of fused-ring (bicyclic) bond motifs is 1. The van der Waals surface area contributed by atoms with Crippen LogP contribution >= 0.6 is 11.9 Å². The Bertz CT molecular complexity index is 919. The van der Waals surface area contributed by atoms with Crippen molar-refractivity contribution in [1.29, 1.82) is 0 Å². The lowest BCUT2D eigenvalue weighted by atomic mass is 9.86. The summed E-state index contributed by atoms with van der Waals surface area (Å²) in [5, 5.41) is 4.44. The third-order valence-corrected chi connectivity index (χ3v) is 6.66. The monoisotopic (exact) mass is 424 g/mol. The van der Waals surface area contributed by atoms with Gasteiger partial charge in [0.25, 0.3) is 5.91 Å². The van der Waals surface area contributed by atoms with Crippen LogP contribution < -0.4 is 0 Å². The third kappa shape index (κ3) is 3.77. The molecule has 0 bridgehead atoms. The first-order chi connectivity index (χ1) is 13.8. The molecule has 1 fully saturated rings. The molecule has 2 aliphatic heterocycles. The highest BCUT2D eigenvalue weighted by molar-refractivity contribution is 7.96. The van der Waals surface area contributed by atoms with Crippen molar-refractivity contribution in [3.8, 4) is 0 Å². The lowest BCUT2D eigenvalue weighted by molar-refractivity contribution is -0.138. The van der Waals surface area contributed by atoms with E-state index in [1.165, 1.54) is 6.07 Å². The van der Waals surface area contributed by atoms with Gasteiger partial charge in [-0.2, -0.15) is 18.3 Å². The fraction of sp³-hybridized carbons (Fsp3) is 0.500. The first-order valence-electron chi connectivity index (χ1n) is 9.58. The lowest BCUT2D eigenvalue weighted by Crippen LogP contribution is -2.39. The van der Waals surface area contributed by atoms with Crippen molar-refractivity contribution in [3.63, 3.8) is 0 Å². The summed E-state index contributed by atoms with van der Waals surface area (Å²) in [6, 6.07) is 5.77. The summed E-state index contributed by atoms with van der Waals surface area (Å²) in [4.78, 5) is 14.8. The van der Waals surface area contributed by atoms with Crippen molar-refractivity contribution in [2.75, 3.05) is 19.3 Å². The molecule has 29 heavy (non-hydrogen) atoms. The lowest BCUT2D eigenvalue weighted by Gasteiger charge is -2.33. The average molecular weight is 424 g/mol. The Labute approximate surface area is 172 Å². The number of likely N-dealkylation sites (tertiary alicyclic amines) is 1. The predicted octanol–water partition coefficient (Wildman–Crippen LogP) is 4.05. The number of rotatable bonds is 3. The molecule has 2 aromatic rings. The van der Waals surface area contributed by atoms with Gasteiger partial charge in [-0.1, -0.05) is 30.1 Å². The topological polar surface area (TPSA) is 41.4 Å². The highest BCUT2D eigenvalue weighted by Gasteiger charge is 2.37. The molecule has 4 rings (SSSR count). The largest absolute Gasteiger partial charge is 0.416 e. The molecule has 5 nitrogen and oxygen atoms in total. The molecule has 0 N–H and O–H groups in total. The molecular weight excluding hydrogens is 401 g/mol. The zero-order valence-corrected chi connectivity index (χ0v) is 17.2. The summed E-state index contributed by atoms with van der Waals surface area (Å²) < 4.78 is 44.0. The Balaban J connectivity index is 1.48. The minimum Gasteiger partial charge on any atom is -0.337 e. The highest BCUT2D eigenvalue weighted by atomic mass is 32.2. The number of carbonyl (C=O) groups excluding carboxylic acids is 1. The van der Waals surface area contributed by atoms with Gasteiger partial charge in [-0.05, 0) is 36.6 Å². The van der Waals surface area contributed by atoms with E-state index >= 15 is 0 Å². The maximum absolute atomic E-state index is 13.3. The Morgan fingerprint density at radius 3 is 2.52 bits per heavy atom. The minimum atomic E-state index is -4.36. The van der Waals surface area contributed by atoms with Gasteiger partial charge in [0.05, 0.1) is 17.8 Å². The van der Waals surface area contributed by atoms with Crippen LogP contribution in [0.25, 0.3) is 0 Å². The van der Waals surface area contributed by atoms with E-state index in [1.54, 1.807) is 33.7 Å². The quantitative estimate of drug-likeness (QED) is 0.697. The molecule has 1 amide bonds. The van der Waals surface area contributed by atoms with Gasteiger partial charge in [0.1, 0.15) is 0 Å². The molecule has 1 aromatic carbocycles. The SMILES string of the molecule is CSN1Cc2c(C(=O)N3CCC(c4ccccc4C(F)(F)F)CC3)nn(C)c2C1. The number of carbonyl (C=O) groups is 1. The van der Waals surface area contributed by atoms with Crippen molar-refractivity contribution in [2.24, 2.45) is 7.05 Å². The number of nitrogens with zero attached hydrogens (tertiary/aromatic N) is 4. The molecule has 0 unspecified atom stereocenters. The standard InChI is InChI=1S/C20H23F3N4OS/c1-25-17-12-27(29-2)11-15(17)18(24-25)19(28)26-9-7-13(8-10-26)14-5-3-4-6-16(14)20(21,22)23/h3-6,13H,7-12H2,1-2H3. The number of benzene rings is 1. The van der Waals surface area contributed by atoms with E-state index in [4.69, 9.17) is 0 Å². The van der Waals surface area contributed by atoms with Gasteiger partial charge < -0.3 is 4.90 Å². The smallest absolute Gasteiger partial charge is 0.337 e. The van der Waals surface area contributed by atoms with Gasteiger partial charge in [-0.15, -0.1) is 0 Å². The maximum atomic E-state index is 13.3. The van der Waals surface area contributed by atoms with Gasteiger partial charge in [-0.25, -0.2) is 4.31 Å². The second-order valence-corrected chi connectivity index (χ2v) is 8.41. The van der Waals surface area contributed by atoms with E-state index in [0.717, 1.165) is 23.9 Å². The third-order valence-electron chi connectivity index (χ3n) is 5.88. The molecular formula is C20H23F3N4OS. The van der Waals surface area contributed by atoms with E-state index in [9.17, 15) is 18.0 Å². The summed E-state index contributed by atoms with van der Waals surface area (Å²) in [5.41, 5.74) is 2.27. The molecule has 1 saturated heterocycles. The van der Waals surface area contributed by atoms with Crippen LogP contribution in [0.2, 0.25) is 0 Å². The van der Waals surface area contributed by atoms with Crippen molar-refractivity contribution < 1.29 is 18.0 Å². The summed E-state index contributed by atoms with van der Waals surface area (Å²) in [5.74, 6) is -0.314. The van der Waals surface area contributed by atoms with E-state index in [0.29, 0.717) is 43.7 Å². The van der Waals surface area contributed by atoms with Crippen LogP contribution in [-0.2, 0) is 26.3 Å². The van der Waals surface area contributed by atoms with Crippen molar-refractivity contribution in [1.82, 2.24) is 19.0 Å². The average Bonchev–Trinajstić information content (AvgIpc) is 3.27. The van der Waals surface area contributed by atoms with E-state index in [-0.39, 0.29) is 11.8 Å². The number of aryl methyl sites for hydroxylation is 1. The van der Waals surface area contributed by atoms with Gasteiger partial charge in [0.2, 0.25) is 0 Å². The minimum absolute atomic E-state index is 0.118. The molecule has 9 heteroatoms. The van der Waals surface area contributed by atoms with Crippen LogP contribution in [0.4, 0.5) is 13.2 Å². The predicted molar refractivity (Wildman–Crippen MR) is 105 cm³/mol. The molecule has 3 heterocycles. The van der Waals surface area contributed by atoms with Crippen LogP contribution in [0.3, 0.4) is 0 Å². The number of alkyl halides is 3. The summed E-state index contributed by atoms with van der Waals surface area (Å²) >= 11 is 1.63. The van der Waals surface area contributed by atoms with Crippen molar-refractivity contribution >= 4 is 17.9 Å².